The molecule has 0 spiro atoms. The van der Waals surface area contributed by atoms with Crippen LogP contribution in [0, 0.1) is 11.3 Å². The summed E-state index contributed by atoms with van der Waals surface area (Å²) in [4.78, 5) is 0. The molecular formula is C13H17NO2S. The first kappa shape index (κ1) is 13.9. The van der Waals surface area contributed by atoms with Crippen LogP contribution in [-0.4, -0.2) is 28.8 Å². The van der Waals surface area contributed by atoms with Crippen LogP contribution in [0.3, 0.4) is 0 Å². The zero-order chi connectivity index (χ0) is 12.7. The van der Waals surface area contributed by atoms with Crippen LogP contribution in [0.4, 0.5) is 0 Å². The molecular weight excluding hydrogens is 234 g/mol. The summed E-state index contributed by atoms with van der Waals surface area (Å²) in [7, 11) is 0. The number of hydrogen-bond donors (Lipinski definition) is 1. The molecule has 1 N–H and O–H groups in total. The SMILES string of the molecule is CC(O)C(C)SCCOc1ccc(C#N)cc1. The maximum Gasteiger partial charge on any atom is 0.119 e. The average Bonchev–Trinajstić information content (AvgIpc) is 2.35. The third-order valence-electron chi connectivity index (χ3n) is 2.40. The highest BCUT2D eigenvalue weighted by Crippen LogP contribution is 2.15. The molecule has 0 bridgehead atoms. The smallest absolute Gasteiger partial charge is 0.119 e. The summed E-state index contributed by atoms with van der Waals surface area (Å²) in [5.74, 6) is 1.61. The predicted molar refractivity (Wildman–Crippen MR) is 70.3 cm³/mol. The first-order valence-electron chi connectivity index (χ1n) is 5.56. The second-order valence-corrected chi connectivity index (χ2v) is 5.29. The van der Waals surface area contributed by atoms with E-state index in [0.717, 1.165) is 11.5 Å². The maximum absolute atomic E-state index is 9.30. The quantitative estimate of drug-likeness (QED) is 0.789. The molecule has 0 heterocycles. The van der Waals surface area contributed by atoms with Gasteiger partial charge in [-0.3, -0.25) is 0 Å². The minimum atomic E-state index is -0.296. The standard InChI is InChI=1S/C13H17NO2S/c1-10(15)11(2)17-8-7-16-13-5-3-12(9-14)4-6-13/h3-6,10-11,15H,7-8H2,1-2H3. The Kier molecular flexibility index (Phi) is 5.88. The van der Waals surface area contributed by atoms with Crippen molar-refractivity contribution in [3.8, 4) is 11.8 Å². The van der Waals surface area contributed by atoms with E-state index >= 15 is 0 Å². The lowest BCUT2D eigenvalue weighted by molar-refractivity contribution is 0.196. The van der Waals surface area contributed by atoms with Crippen molar-refractivity contribution >= 4 is 11.8 Å². The molecule has 1 rings (SSSR count). The summed E-state index contributed by atoms with van der Waals surface area (Å²) in [6.07, 6.45) is -0.296. The Hall–Kier alpha value is -1.18. The number of aliphatic hydroxyl groups excluding tert-OH is 1. The van der Waals surface area contributed by atoms with Crippen molar-refractivity contribution in [2.75, 3.05) is 12.4 Å². The predicted octanol–water partition coefficient (Wildman–Crippen LogP) is 2.44. The van der Waals surface area contributed by atoms with Crippen molar-refractivity contribution in [1.82, 2.24) is 0 Å². The lowest BCUT2D eigenvalue weighted by Crippen LogP contribution is -2.17. The van der Waals surface area contributed by atoms with E-state index in [1.807, 2.05) is 6.92 Å². The van der Waals surface area contributed by atoms with Crippen molar-refractivity contribution in [1.29, 1.82) is 5.26 Å². The molecule has 0 aliphatic rings. The van der Waals surface area contributed by atoms with Gasteiger partial charge in [-0.2, -0.15) is 17.0 Å². The van der Waals surface area contributed by atoms with E-state index in [4.69, 9.17) is 10.00 Å². The van der Waals surface area contributed by atoms with Gasteiger partial charge in [0.05, 0.1) is 24.3 Å². The largest absolute Gasteiger partial charge is 0.493 e. The van der Waals surface area contributed by atoms with E-state index in [1.54, 1.807) is 43.0 Å². The number of benzene rings is 1. The molecule has 3 nitrogen and oxygen atoms in total. The lowest BCUT2D eigenvalue weighted by Gasteiger charge is -2.14. The van der Waals surface area contributed by atoms with Gasteiger partial charge in [0, 0.05) is 11.0 Å². The van der Waals surface area contributed by atoms with Crippen molar-refractivity contribution in [3.05, 3.63) is 29.8 Å². The van der Waals surface area contributed by atoms with Crippen molar-refractivity contribution in [3.63, 3.8) is 0 Å². The van der Waals surface area contributed by atoms with Gasteiger partial charge in [0.1, 0.15) is 5.75 Å². The molecule has 0 amide bonds. The third-order valence-corrected chi connectivity index (χ3v) is 3.72. The summed E-state index contributed by atoms with van der Waals surface area (Å²) in [5.41, 5.74) is 0.634. The molecule has 0 aromatic heterocycles. The van der Waals surface area contributed by atoms with Crippen molar-refractivity contribution in [2.24, 2.45) is 0 Å². The van der Waals surface area contributed by atoms with Crippen LogP contribution in [0.2, 0.25) is 0 Å². The minimum Gasteiger partial charge on any atom is -0.493 e. The van der Waals surface area contributed by atoms with Crippen LogP contribution in [0.25, 0.3) is 0 Å². The molecule has 0 radical (unpaired) electrons. The van der Waals surface area contributed by atoms with Gasteiger partial charge in [-0.15, -0.1) is 0 Å². The number of nitrogens with zero attached hydrogens (tertiary/aromatic N) is 1. The maximum atomic E-state index is 9.30. The Labute approximate surface area is 106 Å². The molecule has 2 unspecified atom stereocenters. The summed E-state index contributed by atoms with van der Waals surface area (Å²) in [6.45, 7) is 4.39. The van der Waals surface area contributed by atoms with E-state index in [2.05, 4.69) is 6.07 Å². The van der Waals surface area contributed by atoms with Crippen LogP contribution >= 0.6 is 11.8 Å². The molecule has 0 aliphatic heterocycles. The fourth-order valence-corrected chi connectivity index (χ4v) is 1.99. The van der Waals surface area contributed by atoms with Gasteiger partial charge in [-0.1, -0.05) is 6.92 Å². The van der Waals surface area contributed by atoms with Crippen LogP contribution in [0.15, 0.2) is 24.3 Å². The van der Waals surface area contributed by atoms with E-state index in [9.17, 15) is 5.11 Å². The molecule has 92 valence electrons. The minimum absolute atomic E-state index is 0.222. The Bertz CT molecular complexity index is 370. The summed E-state index contributed by atoms with van der Waals surface area (Å²) < 4.78 is 5.52. The van der Waals surface area contributed by atoms with E-state index in [1.165, 1.54) is 0 Å². The van der Waals surface area contributed by atoms with Crippen LogP contribution < -0.4 is 4.74 Å². The number of nitriles is 1. The van der Waals surface area contributed by atoms with E-state index < -0.39 is 0 Å². The van der Waals surface area contributed by atoms with Gasteiger partial charge in [-0.05, 0) is 31.2 Å². The second kappa shape index (κ2) is 7.21. The molecule has 0 aliphatic carbocycles. The molecule has 2 atom stereocenters. The molecule has 4 heteroatoms. The van der Waals surface area contributed by atoms with Crippen molar-refractivity contribution in [2.45, 2.75) is 25.2 Å². The Morgan fingerprint density at radius 1 is 1.35 bits per heavy atom. The summed E-state index contributed by atoms with van der Waals surface area (Å²) in [6, 6.07) is 9.12. The molecule has 17 heavy (non-hydrogen) atoms. The number of ether oxygens (including phenoxy) is 1. The van der Waals surface area contributed by atoms with Gasteiger partial charge < -0.3 is 9.84 Å². The normalized spacial score (nSPS) is 13.8. The monoisotopic (exact) mass is 251 g/mol. The fraction of sp³-hybridized carbons (Fsp3) is 0.462. The van der Waals surface area contributed by atoms with Crippen LogP contribution in [0.5, 0.6) is 5.75 Å². The Morgan fingerprint density at radius 3 is 2.53 bits per heavy atom. The third kappa shape index (κ3) is 5.12. The zero-order valence-electron chi connectivity index (χ0n) is 10.1. The van der Waals surface area contributed by atoms with Crippen LogP contribution in [-0.2, 0) is 0 Å². The van der Waals surface area contributed by atoms with Crippen LogP contribution in [0.1, 0.15) is 19.4 Å². The van der Waals surface area contributed by atoms with Gasteiger partial charge in [0.15, 0.2) is 0 Å². The lowest BCUT2D eigenvalue weighted by atomic mass is 10.2. The zero-order valence-corrected chi connectivity index (χ0v) is 10.9. The number of hydrogen-bond acceptors (Lipinski definition) is 4. The molecule has 0 fully saturated rings. The first-order valence-corrected chi connectivity index (χ1v) is 6.61. The van der Waals surface area contributed by atoms with E-state index in [-0.39, 0.29) is 11.4 Å². The van der Waals surface area contributed by atoms with Crippen molar-refractivity contribution < 1.29 is 9.84 Å². The average molecular weight is 251 g/mol. The highest BCUT2D eigenvalue weighted by atomic mass is 32.2. The van der Waals surface area contributed by atoms with Gasteiger partial charge in [0.2, 0.25) is 0 Å². The summed E-state index contributed by atoms with van der Waals surface area (Å²) in [5, 5.41) is 18.2. The Balaban J connectivity index is 2.24. The second-order valence-electron chi connectivity index (χ2n) is 3.80. The van der Waals surface area contributed by atoms with Gasteiger partial charge in [-0.25, -0.2) is 0 Å². The number of aliphatic hydroxyl groups is 1. The highest BCUT2D eigenvalue weighted by molar-refractivity contribution is 7.99. The van der Waals surface area contributed by atoms with Gasteiger partial charge in [0.25, 0.3) is 0 Å². The Morgan fingerprint density at radius 2 is 2.00 bits per heavy atom. The fourth-order valence-electron chi connectivity index (χ4n) is 1.16. The van der Waals surface area contributed by atoms with Gasteiger partial charge >= 0.3 is 0 Å². The first-order chi connectivity index (χ1) is 8.13. The topological polar surface area (TPSA) is 53.2 Å². The molecule has 1 aromatic carbocycles. The highest BCUT2D eigenvalue weighted by Gasteiger charge is 2.08. The summed E-state index contributed by atoms with van der Waals surface area (Å²) >= 11 is 1.68. The molecule has 1 aromatic rings. The number of rotatable bonds is 6. The molecule has 0 saturated carbocycles. The molecule has 0 saturated heterocycles. The number of thioether (sulfide) groups is 1. The van der Waals surface area contributed by atoms with E-state index in [0.29, 0.717) is 12.2 Å².